The molecule has 7 heteroatoms. The number of carbonyl (C=O) groups is 1. The normalized spacial score (nSPS) is 25.1. The number of likely N-dealkylation sites (tertiary alicyclic amines) is 1. The number of aromatic nitrogens is 1. The number of H-pyrrole nitrogens is 1. The summed E-state index contributed by atoms with van der Waals surface area (Å²) in [7, 11) is 0. The van der Waals surface area contributed by atoms with Crippen molar-refractivity contribution in [1.29, 1.82) is 0 Å². The minimum absolute atomic E-state index is 0.0266. The van der Waals surface area contributed by atoms with Crippen molar-refractivity contribution in [3.05, 3.63) is 63.3 Å². The highest BCUT2D eigenvalue weighted by atomic mass is 79.9. The zero-order valence-electron chi connectivity index (χ0n) is 20.7. The predicted octanol–water partition coefficient (Wildman–Crippen LogP) is 5.20. The molecule has 3 fully saturated rings. The van der Waals surface area contributed by atoms with Crippen molar-refractivity contribution < 1.29 is 19.0 Å². The number of fused-ring (bicyclic) bond motifs is 4. The molecular weight excluding hydrogens is 520 g/mol. The summed E-state index contributed by atoms with van der Waals surface area (Å²) in [6.45, 7) is 8.87. The number of aromatic amines is 1. The van der Waals surface area contributed by atoms with Gasteiger partial charge in [0, 0.05) is 51.6 Å². The molecule has 1 spiro atoms. The van der Waals surface area contributed by atoms with E-state index in [1.165, 1.54) is 0 Å². The SMILES string of the molecule is CC1(C)c2cc(OC3CCOC34CCN(C3COC3)CC4)ccc2C(=O)c2c1[nH]c1cc(Br)ccc21. The van der Waals surface area contributed by atoms with Crippen molar-refractivity contribution in [1.82, 2.24) is 9.88 Å². The minimum Gasteiger partial charge on any atom is -0.487 e. The second-order valence-corrected chi connectivity index (χ2v) is 12.2. The van der Waals surface area contributed by atoms with Crippen molar-refractivity contribution in [2.45, 2.75) is 56.3 Å². The third-order valence-electron chi connectivity index (χ3n) is 8.94. The van der Waals surface area contributed by atoms with Crippen LogP contribution in [-0.4, -0.2) is 66.3 Å². The molecule has 0 bridgehead atoms. The zero-order valence-corrected chi connectivity index (χ0v) is 22.3. The Balaban J connectivity index is 1.18. The van der Waals surface area contributed by atoms with Gasteiger partial charge < -0.3 is 19.2 Å². The van der Waals surface area contributed by atoms with Crippen LogP contribution in [0.25, 0.3) is 10.9 Å². The van der Waals surface area contributed by atoms with Crippen LogP contribution >= 0.6 is 15.9 Å². The Hall–Kier alpha value is -2.19. The number of piperidine rings is 1. The van der Waals surface area contributed by atoms with Gasteiger partial charge in [0.2, 0.25) is 0 Å². The monoisotopic (exact) mass is 550 g/mol. The van der Waals surface area contributed by atoms with Crippen molar-refractivity contribution in [3.8, 4) is 5.75 Å². The molecule has 0 amide bonds. The number of carbonyl (C=O) groups excluding carboxylic acids is 1. The molecule has 4 aliphatic rings. The number of hydrogen-bond donors (Lipinski definition) is 1. The molecule has 0 saturated carbocycles. The van der Waals surface area contributed by atoms with Crippen molar-refractivity contribution >= 4 is 32.6 Å². The van der Waals surface area contributed by atoms with E-state index in [0.717, 1.165) is 95.7 Å². The lowest BCUT2D eigenvalue weighted by Crippen LogP contribution is -2.57. The average molecular weight is 551 g/mol. The number of benzene rings is 2. The van der Waals surface area contributed by atoms with Gasteiger partial charge in [-0.05, 0) is 48.7 Å². The van der Waals surface area contributed by atoms with Gasteiger partial charge in [-0.3, -0.25) is 9.69 Å². The Morgan fingerprint density at radius 3 is 2.67 bits per heavy atom. The second kappa shape index (κ2) is 8.15. The van der Waals surface area contributed by atoms with E-state index in [-0.39, 0.29) is 22.9 Å². The lowest BCUT2D eigenvalue weighted by atomic mass is 9.71. The topological polar surface area (TPSA) is 63.8 Å². The van der Waals surface area contributed by atoms with Crippen molar-refractivity contribution in [2.75, 3.05) is 32.9 Å². The molecule has 2 aromatic carbocycles. The van der Waals surface area contributed by atoms with Crippen LogP contribution in [0.1, 0.15) is 60.3 Å². The summed E-state index contributed by atoms with van der Waals surface area (Å²) in [5.74, 6) is 0.897. The molecule has 7 rings (SSSR count). The highest BCUT2D eigenvalue weighted by Crippen LogP contribution is 2.46. The molecule has 4 heterocycles. The fraction of sp³-hybridized carbons (Fsp3) is 0.483. The highest BCUT2D eigenvalue weighted by molar-refractivity contribution is 9.10. The van der Waals surface area contributed by atoms with Gasteiger partial charge in [-0.25, -0.2) is 0 Å². The van der Waals surface area contributed by atoms with E-state index in [9.17, 15) is 4.79 Å². The Morgan fingerprint density at radius 2 is 1.92 bits per heavy atom. The first-order chi connectivity index (χ1) is 17.4. The van der Waals surface area contributed by atoms with E-state index in [1.54, 1.807) is 0 Å². The van der Waals surface area contributed by atoms with Crippen LogP contribution < -0.4 is 4.74 Å². The van der Waals surface area contributed by atoms with Gasteiger partial charge in [0.1, 0.15) is 17.5 Å². The van der Waals surface area contributed by atoms with E-state index in [4.69, 9.17) is 14.2 Å². The standard InChI is InChI=1S/C29H31BrN2O4/c1-28(2)22-14-19(36-24-7-12-35-29(24)8-10-32(11-9-29)18-15-34-16-18)4-6-20(22)26(33)25-21-5-3-17(30)13-23(21)31-27(25)28/h3-6,13-14,18,24,31H,7-12,15-16H2,1-2H3. The van der Waals surface area contributed by atoms with Gasteiger partial charge in [0.25, 0.3) is 0 Å². The van der Waals surface area contributed by atoms with Gasteiger partial charge in [0.15, 0.2) is 5.78 Å². The lowest BCUT2D eigenvalue weighted by molar-refractivity contribution is -0.123. The van der Waals surface area contributed by atoms with Gasteiger partial charge in [0.05, 0.1) is 31.4 Å². The summed E-state index contributed by atoms with van der Waals surface area (Å²) in [6.07, 6.45) is 2.89. The highest BCUT2D eigenvalue weighted by Gasteiger charge is 2.49. The van der Waals surface area contributed by atoms with Crippen LogP contribution in [0.15, 0.2) is 40.9 Å². The van der Waals surface area contributed by atoms with Gasteiger partial charge >= 0.3 is 0 Å². The number of ketones is 1. The second-order valence-electron chi connectivity index (χ2n) is 11.3. The minimum atomic E-state index is -0.358. The first kappa shape index (κ1) is 23.0. The van der Waals surface area contributed by atoms with Crippen LogP contribution in [0.3, 0.4) is 0 Å². The van der Waals surface area contributed by atoms with Gasteiger partial charge in [-0.1, -0.05) is 35.8 Å². The summed E-state index contributed by atoms with van der Waals surface area (Å²) < 4.78 is 19.4. The third-order valence-corrected chi connectivity index (χ3v) is 9.43. The number of hydrogen-bond acceptors (Lipinski definition) is 5. The maximum Gasteiger partial charge on any atom is 0.195 e. The Morgan fingerprint density at radius 1 is 1.11 bits per heavy atom. The summed E-state index contributed by atoms with van der Waals surface area (Å²) in [5, 5.41) is 0.974. The van der Waals surface area contributed by atoms with Crippen LogP contribution in [0.4, 0.5) is 0 Å². The molecule has 6 nitrogen and oxygen atoms in total. The van der Waals surface area contributed by atoms with E-state index in [1.807, 2.05) is 30.3 Å². The zero-order chi connectivity index (χ0) is 24.7. The molecule has 3 aromatic rings. The number of rotatable bonds is 3. The number of nitrogens with one attached hydrogen (secondary N) is 1. The third kappa shape index (κ3) is 3.36. The number of halogens is 1. The molecule has 0 radical (unpaired) electrons. The molecule has 1 aliphatic carbocycles. The smallest absolute Gasteiger partial charge is 0.195 e. The molecule has 1 N–H and O–H groups in total. The van der Waals surface area contributed by atoms with Crippen LogP contribution in [-0.2, 0) is 14.9 Å². The maximum atomic E-state index is 13.7. The maximum absolute atomic E-state index is 13.7. The average Bonchev–Trinajstić information content (AvgIpc) is 3.40. The van der Waals surface area contributed by atoms with E-state index in [0.29, 0.717) is 6.04 Å². The molecule has 3 saturated heterocycles. The quantitative estimate of drug-likeness (QED) is 0.485. The van der Waals surface area contributed by atoms with Crippen LogP contribution in [0.5, 0.6) is 5.75 Å². The molecule has 1 aromatic heterocycles. The fourth-order valence-corrected chi connectivity index (χ4v) is 7.04. The molecular formula is C29H31BrN2O4. The Bertz CT molecular complexity index is 1370. The fourth-order valence-electron chi connectivity index (χ4n) is 6.68. The Kier molecular flexibility index (Phi) is 5.20. The molecule has 1 atom stereocenters. The largest absolute Gasteiger partial charge is 0.487 e. The van der Waals surface area contributed by atoms with Gasteiger partial charge in [-0.15, -0.1) is 0 Å². The summed E-state index contributed by atoms with van der Waals surface area (Å²) in [4.78, 5) is 19.8. The summed E-state index contributed by atoms with van der Waals surface area (Å²) >= 11 is 3.56. The van der Waals surface area contributed by atoms with E-state index in [2.05, 4.69) is 45.7 Å². The van der Waals surface area contributed by atoms with E-state index >= 15 is 0 Å². The number of nitrogens with zero attached hydrogens (tertiary/aromatic N) is 1. The van der Waals surface area contributed by atoms with E-state index < -0.39 is 0 Å². The Labute approximate surface area is 219 Å². The summed E-state index contributed by atoms with van der Waals surface area (Å²) in [6, 6.07) is 12.6. The summed E-state index contributed by atoms with van der Waals surface area (Å²) in [5.41, 5.74) is 3.93. The first-order valence-electron chi connectivity index (χ1n) is 13.0. The van der Waals surface area contributed by atoms with Gasteiger partial charge in [-0.2, -0.15) is 0 Å². The van der Waals surface area contributed by atoms with Crippen molar-refractivity contribution in [3.63, 3.8) is 0 Å². The molecule has 3 aliphatic heterocycles. The van der Waals surface area contributed by atoms with Crippen LogP contribution in [0, 0.1) is 0 Å². The van der Waals surface area contributed by atoms with Crippen LogP contribution in [0.2, 0.25) is 0 Å². The molecule has 36 heavy (non-hydrogen) atoms. The molecule has 1 unspecified atom stereocenters. The first-order valence-corrected chi connectivity index (χ1v) is 13.8. The number of ether oxygens (including phenoxy) is 3. The van der Waals surface area contributed by atoms with Crippen molar-refractivity contribution in [2.24, 2.45) is 0 Å². The predicted molar refractivity (Wildman–Crippen MR) is 141 cm³/mol. The molecule has 188 valence electrons. The lowest BCUT2D eigenvalue weighted by Gasteiger charge is -2.46.